The van der Waals surface area contributed by atoms with Gasteiger partial charge in [0.15, 0.2) is 5.03 Å². The van der Waals surface area contributed by atoms with Gasteiger partial charge < -0.3 is 10.2 Å². The van der Waals surface area contributed by atoms with E-state index >= 15 is 0 Å². The first kappa shape index (κ1) is 15.2. The summed E-state index contributed by atoms with van der Waals surface area (Å²) in [6.45, 7) is 1.01. The van der Waals surface area contributed by atoms with Gasteiger partial charge in [-0.25, -0.2) is 13.4 Å². The van der Waals surface area contributed by atoms with E-state index in [0.29, 0.717) is 13.2 Å². The van der Waals surface area contributed by atoms with Crippen molar-refractivity contribution in [2.75, 3.05) is 25.6 Å². The molecule has 20 heavy (non-hydrogen) atoms. The van der Waals surface area contributed by atoms with Crippen molar-refractivity contribution in [1.82, 2.24) is 9.29 Å². The summed E-state index contributed by atoms with van der Waals surface area (Å²) in [5, 5.41) is -0.0687. The quantitative estimate of drug-likeness (QED) is 0.609. The Kier molecular flexibility index (Phi) is 4.92. The molecule has 0 aliphatic carbocycles. The molecule has 7 nitrogen and oxygen atoms in total. The van der Waals surface area contributed by atoms with E-state index in [4.69, 9.17) is 10.6 Å². The van der Waals surface area contributed by atoms with Crippen molar-refractivity contribution < 1.29 is 13.2 Å². The van der Waals surface area contributed by atoms with Crippen molar-refractivity contribution in [2.45, 2.75) is 30.4 Å². The Bertz CT molecular complexity index is 543. The molecule has 0 saturated carbocycles. The molecule has 1 saturated heterocycles. The molecule has 2 heterocycles. The molecule has 1 aliphatic rings. The van der Waals surface area contributed by atoms with Gasteiger partial charge in [0, 0.05) is 26.4 Å². The standard InChI is InChI=1S/C12H20N4O3S/c1-16(9-10-5-2-3-8-19-10)20(17,18)12-11(15-13)6-4-7-14-12/h4,6-7,10,15H,2-3,5,8-9,13H2,1H3. The van der Waals surface area contributed by atoms with Gasteiger partial charge in [-0.05, 0) is 31.4 Å². The minimum Gasteiger partial charge on any atom is -0.377 e. The largest absolute Gasteiger partial charge is 0.377 e. The van der Waals surface area contributed by atoms with E-state index in [1.165, 1.54) is 17.5 Å². The van der Waals surface area contributed by atoms with E-state index in [1.807, 2.05) is 0 Å². The number of sulfonamides is 1. The first-order chi connectivity index (χ1) is 9.55. The normalized spacial score (nSPS) is 20.1. The van der Waals surface area contributed by atoms with E-state index in [0.717, 1.165) is 19.3 Å². The zero-order valence-electron chi connectivity index (χ0n) is 11.4. The van der Waals surface area contributed by atoms with E-state index < -0.39 is 10.0 Å². The highest BCUT2D eigenvalue weighted by Crippen LogP contribution is 2.22. The van der Waals surface area contributed by atoms with Gasteiger partial charge in [-0.1, -0.05) is 0 Å². The Morgan fingerprint density at radius 3 is 3.00 bits per heavy atom. The third-order valence-electron chi connectivity index (χ3n) is 3.32. The molecule has 1 aliphatic heterocycles. The first-order valence-electron chi connectivity index (χ1n) is 6.55. The lowest BCUT2D eigenvalue weighted by molar-refractivity contribution is 0.00857. The molecule has 1 aromatic rings. The van der Waals surface area contributed by atoms with Crippen LogP contribution in [-0.2, 0) is 14.8 Å². The molecule has 8 heteroatoms. The van der Waals surface area contributed by atoms with Crippen LogP contribution in [0.3, 0.4) is 0 Å². The van der Waals surface area contributed by atoms with Gasteiger partial charge in [-0.15, -0.1) is 0 Å². The maximum atomic E-state index is 12.5. The molecule has 0 spiro atoms. The molecule has 112 valence electrons. The predicted octanol–water partition coefficient (Wildman–Crippen LogP) is 0.557. The van der Waals surface area contributed by atoms with Crippen LogP contribution in [0.1, 0.15) is 19.3 Å². The van der Waals surface area contributed by atoms with Crippen molar-refractivity contribution in [3.63, 3.8) is 0 Å². The average molecular weight is 300 g/mol. The number of likely N-dealkylation sites (N-methyl/N-ethyl adjacent to an activating group) is 1. The van der Waals surface area contributed by atoms with Crippen LogP contribution in [0, 0.1) is 0 Å². The van der Waals surface area contributed by atoms with Gasteiger partial charge in [0.2, 0.25) is 0 Å². The molecule has 0 amide bonds. The Morgan fingerprint density at radius 2 is 2.35 bits per heavy atom. The number of hydrogen-bond donors (Lipinski definition) is 2. The van der Waals surface area contributed by atoms with Crippen molar-refractivity contribution >= 4 is 15.7 Å². The third-order valence-corrected chi connectivity index (χ3v) is 5.10. The maximum Gasteiger partial charge on any atom is 0.262 e. The van der Waals surface area contributed by atoms with Crippen LogP contribution in [-0.4, -0.2) is 44.0 Å². The van der Waals surface area contributed by atoms with Gasteiger partial charge in [0.1, 0.15) is 0 Å². The van der Waals surface area contributed by atoms with Crippen LogP contribution in [0.5, 0.6) is 0 Å². The number of nitrogen functional groups attached to an aromatic ring is 1. The van der Waals surface area contributed by atoms with Gasteiger partial charge >= 0.3 is 0 Å². The summed E-state index contributed by atoms with van der Waals surface area (Å²) < 4.78 is 31.8. The van der Waals surface area contributed by atoms with Crippen molar-refractivity contribution in [3.8, 4) is 0 Å². The minimum absolute atomic E-state index is 0.0541. The van der Waals surface area contributed by atoms with Crippen LogP contribution in [0.25, 0.3) is 0 Å². The lowest BCUT2D eigenvalue weighted by Crippen LogP contribution is -2.37. The SMILES string of the molecule is CN(CC1CCCCO1)S(=O)(=O)c1ncccc1NN. The number of hydrogen-bond acceptors (Lipinski definition) is 6. The number of ether oxygens (including phenoxy) is 1. The van der Waals surface area contributed by atoms with Gasteiger partial charge in [0.25, 0.3) is 10.0 Å². The van der Waals surface area contributed by atoms with E-state index in [9.17, 15) is 8.42 Å². The summed E-state index contributed by atoms with van der Waals surface area (Å²) in [6, 6.07) is 3.20. The summed E-state index contributed by atoms with van der Waals surface area (Å²) in [5.74, 6) is 5.33. The minimum atomic E-state index is -3.68. The second kappa shape index (κ2) is 6.49. The molecule has 0 radical (unpaired) electrons. The number of aromatic nitrogens is 1. The Balaban J connectivity index is 2.16. The first-order valence-corrected chi connectivity index (χ1v) is 7.99. The number of nitrogens with two attached hydrogens (primary N) is 1. The average Bonchev–Trinajstić information content (AvgIpc) is 2.48. The highest BCUT2D eigenvalue weighted by molar-refractivity contribution is 7.89. The van der Waals surface area contributed by atoms with Crippen LogP contribution >= 0.6 is 0 Å². The number of nitrogens with one attached hydrogen (secondary N) is 1. The van der Waals surface area contributed by atoms with Crippen LogP contribution in [0.4, 0.5) is 5.69 Å². The summed E-state index contributed by atoms with van der Waals surface area (Å²) in [7, 11) is -2.15. The summed E-state index contributed by atoms with van der Waals surface area (Å²) in [5.41, 5.74) is 2.64. The van der Waals surface area contributed by atoms with E-state index in [2.05, 4.69) is 10.4 Å². The summed E-state index contributed by atoms with van der Waals surface area (Å²) in [4.78, 5) is 3.92. The molecule has 0 aromatic carbocycles. The van der Waals surface area contributed by atoms with Crippen LogP contribution in [0.2, 0.25) is 0 Å². The van der Waals surface area contributed by atoms with Crippen molar-refractivity contribution in [1.29, 1.82) is 0 Å². The topological polar surface area (TPSA) is 97.5 Å². The molecule has 2 rings (SSSR count). The predicted molar refractivity (Wildman–Crippen MR) is 75.5 cm³/mol. The Hall–Kier alpha value is -1.22. The smallest absolute Gasteiger partial charge is 0.262 e. The number of anilines is 1. The maximum absolute atomic E-state index is 12.5. The highest BCUT2D eigenvalue weighted by atomic mass is 32.2. The third kappa shape index (κ3) is 3.26. The molecular formula is C12H20N4O3S. The molecular weight excluding hydrogens is 280 g/mol. The molecule has 1 unspecified atom stereocenters. The van der Waals surface area contributed by atoms with Crippen molar-refractivity contribution in [2.24, 2.45) is 5.84 Å². The molecule has 0 bridgehead atoms. The van der Waals surface area contributed by atoms with E-state index in [-0.39, 0.29) is 16.8 Å². The monoisotopic (exact) mass is 300 g/mol. The number of hydrazine groups is 1. The van der Waals surface area contributed by atoms with Crippen LogP contribution in [0.15, 0.2) is 23.4 Å². The second-order valence-electron chi connectivity index (χ2n) is 4.77. The number of pyridine rings is 1. The molecule has 3 N–H and O–H groups in total. The second-order valence-corrected chi connectivity index (χ2v) is 6.73. The number of rotatable bonds is 5. The molecule has 1 atom stereocenters. The summed E-state index contributed by atoms with van der Waals surface area (Å²) in [6.07, 6.45) is 4.36. The van der Waals surface area contributed by atoms with Gasteiger partial charge in [-0.3, -0.25) is 5.84 Å². The lowest BCUT2D eigenvalue weighted by atomic mass is 10.1. The molecule has 1 fully saturated rings. The van der Waals surface area contributed by atoms with Gasteiger partial charge in [0.05, 0.1) is 11.8 Å². The fraction of sp³-hybridized carbons (Fsp3) is 0.583. The van der Waals surface area contributed by atoms with Crippen molar-refractivity contribution in [3.05, 3.63) is 18.3 Å². The van der Waals surface area contributed by atoms with E-state index in [1.54, 1.807) is 12.1 Å². The Morgan fingerprint density at radius 1 is 1.55 bits per heavy atom. The zero-order chi connectivity index (χ0) is 14.6. The van der Waals surface area contributed by atoms with Gasteiger partial charge in [-0.2, -0.15) is 4.31 Å². The van der Waals surface area contributed by atoms with Crippen LogP contribution < -0.4 is 11.3 Å². The fourth-order valence-electron chi connectivity index (χ4n) is 2.19. The lowest BCUT2D eigenvalue weighted by Gasteiger charge is -2.27. The number of nitrogens with zero attached hydrogens (tertiary/aromatic N) is 2. The Labute approximate surface area is 119 Å². The highest BCUT2D eigenvalue weighted by Gasteiger charge is 2.28. The molecule has 1 aromatic heterocycles. The summed E-state index contributed by atoms with van der Waals surface area (Å²) >= 11 is 0. The fourth-order valence-corrected chi connectivity index (χ4v) is 3.45. The zero-order valence-corrected chi connectivity index (χ0v) is 12.3.